The van der Waals surface area contributed by atoms with Crippen molar-refractivity contribution in [2.75, 3.05) is 20.3 Å². The number of hydrogen-bond donors (Lipinski definition) is 0. The Morgan fingerprint density at radius 1 is 1.06 bits per heavy atom. The molecule has 0 fully saturated rings. The monoisotopic (exact) mass is 442 g/mol. The Hall–Kier alpha value is -3.13. The van der Waals surface area contributed by atoms with Crippen LogP contribution in [0.1, 0.15) is 37.0 Å². The molecule has 1 aromatic heterocycles. The van der Waals surface area contributed by atoms with E-state index in [4.69, 9.17) is 14.2 Å². The molecule has 0 aliphatic rings. The first-order chi connectivity index (χ1) is 15.0. The first-order valence-corrected chi connectivity index (χ1v) is 11.0. The Bertz CT molecular complexity index is 1120. The van der Waals surface area contributed by atoms with Gasteiger partial charge in [-0.1, -0.05) is 24.7 Å². The summed E-state index contributed by atoms with van der Waals surface area (Å²) in [5, 5.41) is 0. The van der Waals surface area contributed by atoms with Crippen molar-refractivity contribution < 1.29 is 23.8 Å². The lowest BCUT2D eigenvalue weighted by molar-refractivity contribution is -0.143. The Morgan fingerprint density at radius 2 is 1.81 bits per heavy atom. The highest BCUT2D eigenvalue weighted by atomic mass is 32.1. The van der Waals surface area contributed by atoms with E-state index in [0.29, 0.717) is 22.7 Å². The fourth-order valence-corrected chi connectivity index (χ4v) is 3.99. The van der Waals surface area contributed by atoms with Gasteiger partial charge in [0.25, 0.3) is 5.91 Å². The van der Waals surface area contributed by atoms with E-state index >= 15 is 0 Å². The van der Waals surface area contributed by atoms with Gasteiger partial charge in [-0.25, -0.2) is 0 Å². The number of carbonyl (C=O) groups is 2. The fraction of sp³-hybridized carbons (Fsp3) is 0.348. The molecule has 0 bridgehead atoms. The molecule has 164 valence electrons. The minimum absolute atomic E-state index is 0.0313. The van der Waals surface area contributed by atoms with Crippen molar-refractivity contribution >= 4 is 33.4 Å². The molecular weight excluding hydrogens is 416 g/mol. The molecule has 1 heterocycles. The Balaban J connectivity index is 1.93. The van der Waals surface area contributed by atoms with Crippen LogP contribution in [0, 0.1) is 0 Å². The zero-order chi connectivity index (χ0) is 22.2. The van der Waals surface area contributed by atoms with Gasteiger partial charge in [0.05, 0.1) is 30.5 Å². The summed E-state index contributed by atoms with van der Waals surface area (Å²) in [6.45, 7) is 4.76. The van der Waals surface area contributed by atoms with Gasteiger partial charge in [0.2, 0.25) is 0 Å². The second kappa shape index (κ2) is 10.8. The molecule has 0 atom stereocenters. The standard InChI is InChI=1S/C23H26N2O5S/c1-4-6-13-30-17-9-7-16(8-10-17)22(27)24-23-25(15-21(26)29-5-2)19-12-11-18(28-3)14-20(19)31-23/h7-12,14H,4-6,13,15H2,1-3H3. The molecule has 7 nitrogen and oxygen atoms in total. The van der Waals surface area contributed by atoms with E-state index in [9.17, 15) is 9.59 Å². The number of fused-ring (bicyclic) bond motifs is 1. The number of aromatic nitrogens is 1. The van der Waals surface area contributed by atoms with Crippen molar-refractivity contribution in [3.8, 4) is 11.5 Å². The summed E-state index contributed by atoms with van der Waals surface area (Å²) in [7, 11) is 1.59. The quantitative estimate of drug-likeness (QED) is 0.367. The minimum atomic E-state index is -0.392. The fourth-order valence-electron chi connectivity index (χ4n) is 2.93. The van der Waals surface area contributed by atoms with Crippen molar-refractivity contribution in [1.29, 1.82) is 0 Å². The lowest BCUT2D eigenvalue weighted by Crippen LogP contribution is -2.23. The highest BCUT2D eigenvalue weighted by Crippen LogP contribution is 2.23. The third-order valence-corrected chi connectivity index (χ3v) is 5.59. The lowest BCUT2D eigenvalue weighted by atomic mass is 10.2. The normalized spacial score (nSPS) is 11.5. The van der Waals surface area contributed by atoms with Gasteiger partial charge in [-0.3, -0.25) is 9.59 Å². The first kappa shape index (κ1) is 22.6. The maximum Gasteiger partial charge on any atom is 0.326 e. The molecule has 8 heteroatoms. The van der Waals surface area contributed by atoms with Crippen LogP contribution < -0.4 is 14.3 Å². The van der Waals surface area contributed by atoms with Crippen LogP contribution in [-0.2, 0) is 16.1 Å². The number of benzene rings is 2. The number of methoxy groups -OCH3 is 1. The number of carbonyl (C=O) groups excluding carboxylic acids is 2. The average molecular weight is 443 g/mol. The summed E-state index contributed by atoms with van der Waals surface area (Å²) in [6, 6.07) is 12.4. The summed E-state index contributed by atoms with van der Waals surface area (Å²) in [5.41, 5.74) is 1.23. The number of unbranched alkanes of at least 4 members (excludes halogenated alkanes) is 1. The van der Waals surface area contributed by atoms with Gasteiger partial charge in [-0.2, -0.15) is 4.99 Å². The highest BCUT2D eigenvalue weighted by Gasteiger charge is 2.14. The van der Waals surface area contributed by atoms with E-state index < -0.39 is 5.91 Å². The molecule has 3 rings (SSSR count). The van der Waals surface area contributed by atoms with Crippen molar-refractivity contribution in [1.82, 2.24) is 4.57 Å². The molecule has 3 aromatic rings. The molecule has 0 radical (unpaired) electrons. The summed E-state index contributed by atoms with van der Waals surface area (Å²) >= 11 is 1.32. The topological polar surface area (TPSA) is 79.1 Å². The van der Waals surface area contributed by atoms with Crippen LogP contribution in [0.4, 0.5) is 0 Å². The van der Waals surface area contributed by atoms with E-state index in [-0.39, 0.29) is 19.1 Å². The van der Waals surface area contributed by atoms with Crippen LogP contribution >= 0.6 is 11.3 Å². The molecule has 0 unspecified atom stereocenters. The third-order valence-electron chi connectivity index (χ3n) is 4.55. The van der Waals surface area contributed by atoms with E-state index in [2.05, 4.69) is 11.9 Å². The van der Waals surface area contributed by atoms with Gasteiger partial charge in [0.1, 0.15) is 18.0 Å². The average Bonchev–Trinajstić information content (AvgIpc) is 3.10. The van der Waals surface area contributed by atoms with Crippen molar-refractivity contribution in [2.24, 2.45) is 4.99 Å². The maximum absolute atomic E-state index is 12.8. The molecule has 0 aliphatic carbocycles. The molecular formula is C23H26N2O5S. The Morgan fingerprint density at radius 3 is 2.48 bits per heavy atom. The number of esters is 1. The van der Waals surface area contributed by atoms with Crippen molar-refractivity contribution in [3.05, 3.63) is 52.8 Å². The SMILES string of the molecule is CCCCOc1ccc(C(=O)N=c2sc3cc(OC)ccc3n2CC(=O)OCC)cc1. The van der Waals surface area contributed by atoms with E-state index in [1.54, 1.807) is 48.9 Å². The summed E-state index contributed by atoms with van der Waals surface area (Å²) in [6.07, 6.45) is 2.04. The number of amides is 1. The van der Waals surface area contributed by atoms with Crippen LogP contribution in [0.5, 0.6) is 11.5 Å². The van der Waals surface area contributed by atoms with Gasteiger partial charge in [-0.05, 0) is 55.8 Å². The summed E-state index contributed by atoms with van der Waals surface area (Å²) < 4.78 is 18.6. The van der Waals surface area contributed by atoms with Crippen LogP contribution in [0.15, 0.2) is 47.5 Å². The molecule has 0 spiro atoms. The number of nitrogens with zero attached hydrogens (tertiary/aromatic N) is 2. The van der Waals surface area contributed by atoms with Crippen LogP contribution in [0.25, 0.3) is 10.2 Å². The lowest BCUT2D eigenvalue weighted by Gasteiger charge is -2.06. The molecule has 31 heavy (non-hydrogen) atoms. The minimum Gasteiger partial charge on any atom is -0.497 e. The maximum atomic E-state index is 12.8. The van der Waals surface area contributed by atoms with Crippen LogP contribution in [-0.4, -0.2) is 36.8 Å². The molecule has 1 amide bonds. The smallest absolute Gasteiger partial charge is 0.326 e. The Kier molecular flexibility index (Phi) is 7.83. The molecule has 0 saturated carbocycles. The van der Waals surface area contributed by atoms with Gasteiger partial charge >= 0.3 is 5.97 Å². The molecule has 0 aliphatic heterocycles. The number of rotatable bonds is 9. The first-order valence-electron chi connectivity index (χ1n) is 10.2. The van der Waals surface area contributed by atoms with E-state index in [1.807, 2.05) is 12.1 Å². The second-order valence-corrected chi connectivity index (χ2v) is 7.76. The molecule has 2 aromatic carbocycles. The van der Waals surface area contributed by atoms with Crippen LogP contribution in [0.3, 0.4) is 0 Å². The number of ether oxygens (including phenoxy) is 3. The highest BCUT2D eigenvalue weighted by molar-refractivity contribution is 7.16. The summed E-state index contributed by atoms with van der Waals surface area (Å²) in [4.78, 5) is 29.6. The molecule has 0 saturated heterocycles. The predicted molar refractivity (Wildman–Crippen MR) is 120 cm³/mol. The van der Waals surface area contributed by atoms with Crippen molar-refractivity contribution in [2.45, 2.75) is 33.2 Å². The van der Waals surface area contributed by atoms with E-state index in [1.165, 1.54) is 11.3 Å². The Labute approximate surface area is 184 Å². The number of thiazole rings is 1. The van der Waals surface area contributed by atoms with Gasteiger partial charge < -0.3 is 18.8 Å². The van der Waals surface area contributed by atoms with Crippen molar-refractivity contribution in [3.63, 3.8) is 0 Å². The summed E-state index contributed by atoms with van der Waals surface area (Å²) in [5.74, 6) is 0.627. The molecule has 0 N–H and O–H groups in total. The predicted octanol–water partition coefficient (Wildman–Crippen LogP) is 4.19. The van der Waals surface area contributed by atoms with E-state index in [0.717, 1.165) is 28.8 Å². The largest absolute Gasteiger partial charge is 0.497 e. The zero-order valence-electron chi connectivity index (χ0n) is 17.9. The van der Waals surface area contributed by atoms with Gasteiger partial charge in [0, 0.05) is 5.56 Å². The second-order valence-electron chi connectivity index (χ2n) is 6.75. The zero-order valence-corrected chi connectivity index (χ0v) is 18.7. The van der Waals surface area contributed by atoms with Gasteiger partial charge in [0.15, 0.2) is 4.80 Å². The number of hydrogen-bond acceptors (Lipinski definition) is 6. The van der Waals surface area contributed by atoms with Crippen LogP contribution in [0.2, 0.25) is 0 Å². The van der Waals surface area contributed by atoms with Gasteiger partial charge in [-0.15, -0.1) is 0 Å². The third kappa shape index (κ3) is 5.73.